The molecule has 0 spiro atoms. The van der Waals surface area contributed by atoms with Gasteiger partial charge in [0.2, 0.25) is 27.7 Å². The van der Waals surface area contributed by atoms with Crippen molar-refractivity contribution in [2.75, 3.05) is 26.4 Å². The van der Waals surface area contributed by atoms with Gasteiger partial charge in [0.15, 0.2) is 0 Å². The Kier molecular flexibility index (Phi) is 9.54. The summed E-state index contributed by atoms with van der Waals surface area (Å²) >= 11 is 0. The Morgan fingerprint density at radius 3 is 2.33 bits per heavy atom. The van der Waals surface area contributed by atoms with E-state index in [1.54, 1.807) is 11.9 Å². The molecule has 1 aromatic carbocycles. The van der Waals surface area contributed by atoms with E-state index in [0.717, 1.165) is 43.9 Å². The highest BCUT2D eigenvalue weighted by molar-refractivity contribution is 7.88. The lowest BCUT2D eigenvalue weighted by Gasteiger charge is -2.36. The molecule has 2 heterocycles. The SMILES string of the molecule is C#C[C@H](NC)C(=O)N[C@H](C(=O)N1CC[C@@H]2[C@H]1[C@@H](C(=O)N[C@@H](C)c1ccccc1)CN2S(C)(=O)=O)C1CCCCC1. The van der Waals surface area contributed by atoms with Gasteiger partial charge < -0.3 is 15.5 Å². The highest BCUT2D eigenvalue weighted by Gasteiger charge is 2.56. The number of amides is 3. The van der Waals surface area contributed by atoms with Crippen LogP contribution < -0.4 is 16.0 Å². The molecule has 10 nitrogen and oxygen atoms in total. The molecular weight excluding hydrogens is 530 g/mol. The Balaban J connectivity index is 1.61. The second kappa shape index (κ2) is 12.7. The van der Waals surface area contributed by atoms with Gasteiger partial charge in [-0.2, -0.15) is 4.31 Å². The molecule has 1 aliphatic carbocycles. The average molecular weight is 572 g/mol. The number of nitrogens with one attached hydrogen (secondary N) is 3. The lowest BCUT2D eigenvalue weighted by molar-refractivity contribution is -0.141. The molecule has 3 amide bonds. The van der Waals surface area contributed by atoms with Crippen molar-refractivity contribution in [1.29, 1.82) is 0 Å². The minimum Gasteiger partial charge on any atom is -0.349 e. The van der Waals surface area contributed by atoms with E-state index in [0.29, 0.717) is 13.0 Å². The third-order valence-electron chi connectivity index (χ3n) is 8.69. The second-order valence-electron chi connectivity index (χ2n) is 11.2. The molecule has 1 aromatic rings. The molecule has 6 atom stereocenters. The molecular formula is C29H41N5O5S. The maximum Gasteiger partial charge on any atom is 0.250 e. The topological polar surface area (TPSA) is 128 Å². The Hall–Kier alpha value is -2.94. The van der Waals surface area contributed by atoms with Crippen LogP contribution in [0.15, 0.2) is 30.3 Å². The van der Waals surface area contributed by atoms with Gasteiger partial charge in [-0.1, -0.05) is 55.5 Å². The normalized spacial score (nSPS) is 25.9. The number of nitrogens with zero attached hydrogens (tertiary/aromatic N) is 2. The number of sulfonamides is 1. The van der Waals surface area contributed by atoms with Crippen LogP contribution in [0.5, 0.6) is 0 Å². The molecule has 0 bridgehead atoms. The van der Waals surface area contributed by atoms with E-state index < -0.39 is 46.0 Å². The number of fused-ring (bicyclic) bond motifs is 1. The lowest BCUT2D eigenvalue weighted by atomic mass is 9.83. The van der Waals surface area contributed by atoms with Gasteiger partial charge in [0.1, 0.15) is 12.1 Å². The predicted molar refractivity (Wildman–Crippen MR) is 152 cm³/mol. The third kappa shape index (κ3) is 6.35. The fraction of sp³-hybridized carbons (Fsp3) is 0.621. The first kappa shape index (κ1) is 30.0. The summed E-state index contributed by atoms with van der Waals surface area (Å²) in [5, 5.41) is 8.74. The largest absolute Gasteiger partial charge is 0.349 e. The summed E-state index contributed by atoms with van der Waals surface area (Å²) in [5.74, 6) is 0.597. The molecule has 0 unspecified atom stereocenters. The smallest absolute Gasteiger partial charge is 0.250 e. The number of likely N-dealkylation sites (tertiary alicyclic amines) is 1. The van der Waals surface area contributed by atoms with Crippen LogP contribution >= 0.6 is 0 Å². The van der Waals surface area contributed by atoms with Gasteiger partial charge in [-0.15, -0.1) is 6.42 Å². The van der Waals surface area contributed by atoms with Crippen molar-refractivity contribution in [1.82, 2.24) is 25.2 Å². The van der Waals surface area contributed by atoms with Crippen molar-refractivity contribution >= 4 is 27.7 Å². The van der Waals surface area contributed by atoms with Crippen molar-refractivity contribution in [2.45, 2.75) is 75.7 Å². The maximum atomic E-state index is 14.2. The molecule has 3 N–H and O–H groups in total. The number of terminal acetylenes is 1. The van der Waals surface area contributed by atoms with Crippen LogP contribution in [-0.4, -0.2) is 85.9 Å². The summed E-state index contributed by atoms with van der Waals surface area (Å²) < 4.78 is 26.8. The molecule has 1 saturated carbocycles. The molecule has 3 fully saturated rings. The fourth-order valence-corrected chi connectivity index (χ4v) is 7.77. The summed E-state index contributed by atoms with van der Waals surface area (Å²) in [7, 11) is -2.03. The van der Waals surface area contributed by atoms with Gasteiger partial charge in [0.05, 0.1) is 24.3 Å². The van der Waals surface area contributed by atoms with Crippen LogP contribution in [0.3, 0.4) is 0 Å². The van der Waals surface area contributed by atoms with E-state index in [1.807, 2.05) is 37.3 Å². The number of hydrogen-bond acceptors (Lipinski definition) is 6. The molecule has 2 saturated heterocycles. The fourth-order valence-electron chi connectivity index (χ4n) is 6.61. The molecule has 40 heavy (non-hydrogen) atoms. The second-order valence-corrected chi connectivity index (χ2v) is 13.2. The maximum absolute atomic E-state index is 14.2. The van der Waals surface area contributed by atoms with E-state index in [-0.39, 0.29) is 30.3 Å². The van der Waals surface area contributed by atoms with Crippen LogP contribution in [0.2, 0.25) is 0 Å². The van der Waals surface area contributed by atoms with Crippen molar-refractivity contribution < 1.29 is 22.8 Å². The monoisotopic (exact) mass is 571 g/mol. The van der Waals surface area contributed by atoms with Crippen molar-refractivity contribution in [3.8, 4) is 12.3 Å². The molecule has 2 aliphatic heterocycles. The number of benzene rings is 1. The van der Waals surface area contributed by atoms with Crippen molar-refractivity contribution in [3.05, 3.63) is 35.9 Å². The summed E-state index contributed by atoms with van der Waals surface area (Å²) in [5.41, 5.74) is 0.928. The number of rotatable bonds is 9. The molecule has 0 radical (unpaired) electrons. The van der Waals surface area contributed by atoms with Crippen LogP contribution in [-0.2, 0) is 24.4 Å². The van der Waals surface area contributed by atoms with E-state index in [2.05, 4.69) is 21.9 Å². The summed E-state index contributed by atoms with van der Waals surface area (Å²) in [4.78, 5) is 42.5. The van der Waals surface area contributed by atoms with Gasteiger partial charge in [0.25, 0.3) is 0 Å². The van der Waals surface area contributed by atoms with Crippen LogP contribution in [0.25, 0.3) is 0 Å². The molecule has 0 aromatic heterocycles. The zero-order valence-electron chi connectivity index (χ0n) is 23.5. The van der Waals surface area contributed by atoms with Gasteiger partial charge in [-0.3, -0.25) is 19.7 Å². The van der Waals surface area contributed by atoms with Gasteiger partial charge in [0, 0.05) is 19.1 Å². The van der Waals surface area contributed by atoms with Crippen LogP contribution in [0.1, 0.15) is 57.1 Å². The first-order valence-electron chi connectivity index (χ1n) is 14.1. The van der Waals surface area contributed by atoms with Gasteiger partial charge >= 0.3 is 0 Å². The zero-order valence-corrected chi connectivity index (χ0v) is 24.3. The predicted octanol–water partition coefficient (Wildman–Crippen LogP) is 1.01. The number of carbonyl (C=O) groups excluding carboxylic acids is 3. The first-order chi connectivity index (χ1) is 19.1. The highest BCUT2D eigenvalue weighted by atomic mass is 32.2. The van der Waals surface area contributed by atoms with Crippen molar-refractivity contribution in [2.24, 2.45) is 11.8 Å². The molecule has 4 rings (SSSR count). The number of hydrogen-bond donors (Lipinski definition) is 3. The molecule has 11 heteroatoms. The summed E-state index contributed by atoms with van der Waals surface area (Å²) in [6.45, 7) is 2.19. The average Bonchev–Trinajstić information content (AvgIpc) is 3.54. The molecule has 3 aliphatic rings. The van der Waals surface area contributed by atoms with E-state index in [9.17, 15) is 22.8 Å². The van der Waals surface area contributed by atoms with Crippen LogP contribution in [0, 0.1) is 24.2 Å². The Labute approximate surface area is 237 Å². The van der Waals surface area contributed by atoms with Crippen molar-refractivity contribution in [3.63, 3.8) is 0 Å². The Morgan fingerprint density at radius 1 is 1.05 bits per heavy atom. The number of carbonyl (C=O) groups is 3. The van der Waals surface area contributed by atoms with Crippen LogP contribution in [0.4, 0.5) is 0 Å². The Bertz CT molecular complexity index is 1230. The third-order valence-corrected chi connectivity index (χ3v) is 9.96. The zero-order chi connectivity index (χ0) is 29.0. The van der Waals surface area contributed by atoms with E-state index in [4.69, 9.17) is 6.42 Å². The minimum atomic E-state index is -3.62. The highest BCUT2D eigenvalue weighted by Crippen LogP contribution is 2.39. The molecule has 218 valence electrons. The number of likely N-dealkylation sites (N-methyl/N-ethyl adjacent to an activating group) is 1. The van der Waals surface area contributed by atoms with Gasteiger partial charge in [-0.25, -0.2) is 8.42 Å². The minimum absolute atomic E-state index is 0.00463. The summed E-state index contributed by atoms with van der Waals surface area (Å²) in [6, 6.07) is 6.43. The Morgan fingerprint density at radius 2 is 1.73 bits per heavy atom. The first-order valence-corrected chi connectivity index (χ1v) is 16.0. The quantitative estimate of drug-likeness (QED) is 0.380. The van der Waals surface area contributed by atoms with Gasteiger partial charge in [-0.05, 0) is 44.7 Å². The summed E-state index contributed by atoms with van der Waals surface area (Å²) in [6.07, 6.45) is 11.7. The lowest BCUT2D eigenvalue weighted by Crippen LogP contribution is -2.58. The van der Waals surface area contributed by atoms with E-state index >= 15 is 0 Å². The standard InChI is InChI=1S/C29H41N5O5S/c1-5-23(30-3)28(36)32-25(21-14-10-7-11-15-21)29(37)33-17-16-24-26(33)22(18-34(24)40(4,38)39)27(35)31-19(2)20-12-8-6-9-13-20/h1,6,8-9,12-13,19,21-26,30H,7,10-11,14-18H2,2-4H3,(H,31,35)(H,32,36)/t19-,22-,23-,24+,25-,26+/m0/s1. The van der Waals surface area contributed by atoms with E-state index in [1.165, 1.54) is 4.31 Å².